The minimum absolute atomic E-state index is 0.0441. The lowest BCUT2D eigenvalue weighted by Gasteiger charge is -2.25. The quantitative estimate of drug-likeness (QED) is 0.857. The highest BCUT2D eigenvalue weighted by molar-refractivity contribution is 7.15. The predicted octanol–water partition coefficient (Wildman–Crippen LogP) is 3.08. The van der Waals surface area contributed by atoms with Crippen molar-refractivity contribution in [2.75, 3.05) is 25.5 Å². The Labute approximate surface area is 152 Å². The van der Waals surface area contributed by atoms with Crippen LogP contribution in [-0.2, 0) is 16.1 Å². The molecular weight excluding hydrogens is 336 g/mol. The zero-order valence-electron chi connectivity index (χ0n) is 14.9. The Hall–Kier alpha value is -1.83. The normalized spacial score (nSPS) is 17.8. The minimum Gasteiger partial charge on any atom is -0.377 e. The summed E-state index contributed by atoms with van der Waals surface area (Å²) in [6.45, 7) is 5.98. The van der Waals surface area contributed by atoms with Crippen LogP contribution in [0.5, 0.6) is 0 Å². The average Bonchev–Trinajstić information content (AvgIpc) is 3.20. The van der Waals surface area contributed by atoms with Crippen molar-refractivity contribution in [3.05, 3.63) is 39.9 Å². The fourth-order valence-corrected chi connectivity index (χ4v) is 4.04. The first-order chi connectivity index (χ1) is 12.1. The van der Waals surface area contributed by atoms with E-state index in [0.29, 0.717) is 24.3 Å². The second-order valence-electron chi connectivity index (χ2n) is 6.47. The van der Waals surface area contributed by atoms with Crippen molar-refractivity contribution in [1.82, 2.24) is 15.1 Å². The van der Waals surface area contributed by atoms with Crippen molar-refractivity contribution in [2.24, 2.45) is 0 Å². The van der Waals surface area contributed by atoms with Crippen LogP contribution in [0.2, 0.25) is 0 Å². The van der Waals surface area contributed by atoms with Crippen LogP contribution in [0.1, 0.15) is 40.6 Å². The number of nitrogens with one attached hydrogen (secondary N) is 1. The van der Waals surface area contributed by atoms with E-state index >= 15 is 0 Å². The number of aromatic nitrogens is 2. The summed E-state index contributed by atoms with van der Waals surface area (Å²) in [7, 11) is 1.61. The topological polar surface area (TPSA) is 67.4 Å². The molecule has 1 aromatic heterocycles. The van der Waals surface area contributed by atoms with Gasteiger partial charge in [0.25, 0.3) is 0 Å². The SMILES string of the molecule is COCc1nnc(NC(=O)CN2CCCC2c2cc(C)ccc2C)s1. The van der Waals surface area contributed by atoms with Crippen LogP contribution in [0.3, 0.4) is 0 Å². The van der Waals surface area contributed by atoms with Crippen molar-refractivity contribution in [2.45, 2.75) is 39.3 Å². The molecule has 0 bridgehead atoms. The third kappa shape index (κ3) is 4.42. The van der Waals surface area contributed by atoms with Gasteiger partial charge >= 0.3 is 0 Å². The fourth-order valence-electron chi connectivity index (χ4n) is 3.32. The molecule has 1 N–H and O–H groups in total. The molecule has 1 aliphatic rings. The molecule has 1 amide bonds. The maximum absolute atomic E-state index is 12.4. The maximum Gasteiger partial charge on any atom is 0.240 e. The first kappa shape index (κ1) is 18.0. The molecule has 1 unspecified atom stereocenters. The summed E-state index contributed by atoms with van der Waals surface area (Å²) in [5.41, 5.74) is 3.89. The van der Waals surface area contributed by atoms with Crippen molar-refractivity contribution in [3.8, 4) is 0 Å². The molecule has 1 fully saturated rings. The van der Waals surface area contributed by atoms with Gasteiger partial charge in [0.05, 0.1) is 6.54 Å². The molecule has 7 heteroatoms. The third-order valence-electron chi connectivity index (χ3n) is 4.49. The summed E-state index contributed by atoms with van der Waals surface area (Å²) >= 11 is 1.35. The van der Waals surface area contributed by atoms with Crippen molar-refractivity contribution >= 4 is 22.4 Å². The van der Waals surface area contributed by atoms with Gasteiger partial charge in [-0.05, 0) is 44.4 Å². The van der Waals surface area contributed by atoms with Crippen LogP contribution in [0.15, 0.2) is 18.2 Å². The van der Waals surface area contributed by atoms with Crippen LogP contribution < -0.4 is 5.32 Å². The van der Waals surface area contributed by atoms with E-state index in [1.54, 1.807) is 7.11 Å². The lowest BCUT2D eigenvalue weighted by atomic mass is 9.97. The highest BCUT2D eigenvalue weighted by atomic mass is 32.1. The van der Waals surface area contributed by atoms with Crippen LogP contribution in [0.25, 0.3) is 0 Å². The van der Waals surface area contributed by atoms with E-state index in [1.807, 2.05) is 0 Å². The Kier molecular flexibility index (Phi) is 5.78. The van der Waals surface area contributed by atoms with Crippen LogP contribution in [-0.4, -0.2) is 41.2 Å². The molecule has 3 rings (SSSR count). The third-order valence-corrected chi connectivity index (χ3v) is 5.30. The number of amides is 1. The van der Waals surface area contributed by atoms with E-state index in [-0.39, 0.29) is 5.91 Å². The number of carbonyl (C=O) groups excluding carboxylic acids is 1. The van der Waals surface area contributed by atoms with E-state index in [1.165, 1.54) is 28.0 Å². The molecule has 1 aromatic carbocycles. The summed E-state index contributed by atoms with van der Waals surface area (Å²) in [5.74, 6) is -0.0441. The van der Waals surface area contributed by atoms with E-state index in [0.717, 1.165) is 24.4 Å². The molecule has 0 spiro atoms. The number of rotatable bonds is 6. The number of aryl methyl sites for hydroxylation is 2. The highest BCUT2D eigenvalue weighted by Crippen LogP contribution is 2.34. The lowest BCUT2D eigenvalue weighted by molar-refractivity contribution is -0.117. The summed E-state index contributed by atoms with van der Waals surface area (Å²) in [4.78, 5) is 14.7. The largest absolute Gasteiger partial charge is 0.377 e. The number of hydrogen-bond donors (Lipinski definition) is 1. The average molecular weight is 360 g/mol. The number of likely N-dealkylation sites (tertiary alicyclic amines) is 1. The Morgan fingerprint density at radius 2 is 2.24 bits per heavy atom. The van der Waals surface area contributed by atoms with Gasteiger partial charge in [-0.1, -0.05) is 35.1 Å². The second-order valence-corrected chi connectivity index (χ2v) is 7.53. The van der Waals surface area contributed by atoms with Gasteiger partial charge in [-0.3, -0.25) is 15.0 Å². The number of methoxy groups -OCH3 is 1. The molecule has 134 valence electrons. The summed E-state index contributed by atoms with van der Waals surface area (Å²) in [6, 6.07) is 6.86. The zero-order valence-corrected chi connectivity index (χ0v) is 15.7. The second kappa shape index (κ2) is 8.03. The van der Waals surface area contributed by atoms with Gasteiger partial charge in [-0.2, -0.15) is 0 Å². The molecule has 25 heavy (non-hydrogen) atoms. The lowest BCUT2D eigenvalue weighted by Crippen LogP contribution is -2.33. The monoisotopic (exact) mass is 360 g/mol. The van der Waals surface area contributed by atoms with Gasteiger partial charge in [0.2, 0.25) is 11.0 Å². The maximum atomic E-state index is 12.4. The van der Waals surface area contributed by atoms with Gasteiger partial charge in [-0.25, -0.2) is 0 Å². The molecule has 1 aliphatic heterocycles. The number of hydrogen-bond acceptors (Lipinski definition) is 6. The Balaban J connectivity index is 1.64. The van der Waals surface area contributed by atoms with Crippen molar-refractivity contribution in [1.29, 1.82) is 0 Å². The zero-order chi connectivity index (χ0) is 17.8. The van der Waals surface area contributed by atoms with Crippen LogP contribution >= 0.6 is 11.3 Å². The molecule has 2 aromatic rings. The van der Waals surface area contributed by atoms with E-state index in [2.05, 4.69) is 52.5 Å². The van der Waals surface area contributed by atoms with Gasteiger partial charge in [0.15, 0.2) is 0 Å². The van der Waals surface area contributed by atoms with E-state index in [4.69, 9.17) is 4.74 Å². The Bertz CT molecular complexity index is 746. The smallest absolute Gasteiger partial charge is 0.240 e. The molecule has 2 heterocycles. The molecular formula is C18H24N4O2S. The summed E-state index contributed by atoms with van der Waals surface area (Å²) < 4.78 is 5.02. The van der Waals surface area contributed by atoms with Crippen LogP contribution in [0.4, 0.5) is 5.13 Å². The standard InChI is InChI=1S/C18H24N4O2S/c1-12-6-7-13(2)14(9-12)15-5-4-8-22(15)10-16(23)19-18-21-20-17(25-18)11-24-3/h6-7,9,15H,4-5,8,10-11H2,1-3H3,(H,19,21,23). The first-order valence-electron chi connectivity index (χ1n) is 8.49. The van der Waals surface area contributed by atoms with E-state index in [9.17, 15) is 4.79 Å². The van der Waals surface area contributed by atoms with Crippen LogP contribution in [0, 0.1) is 13.8 Å². The van der Waals surface area contributed by atoms with Crippen molar-refractivity contribution in [3.63, 3.8) is 0 Å². The van der Waals surface area contributed by atoms with Gasteiger partial charge < -0.3 is 4.74 Å². The first-order valence-corrected chi connectivity index (χ1v) is 9.31. The molecule has 0 aliphatic carbocycles. The summed E-state index contributed by atoms with van der Waals surface area (Å²) in [6.07, 6.45) is 2.20. The Morgan fingerprint density at radius 1 is 1.40 bits per heavy atom. The predicted molar refractivity (Wildman–Crippen MR) is 98.7 cm³/mol. The van der Waals surface area contributed by atoms with E-state index < -0.39 is 0 Å². The van der Waals surface area contributed by atoms with Gasteiger partial charge in [-0.15, -0.1) is 10.2 Å². The molecule has 0 radical (unpaired) electrons. The van der Waals surface area contributed by atoms with Gasteiger partial charge in [0.1, 0.15) is 11.6 Å². The molecule has 0 saturated carbocycles. The number of ether oxygens (including phenoxy) is 1. The Morgan fingerprint density at radius 3 is 3.04 bits per heavy atom. The van der Waals surface area contributed by atoms with Crippen molar-refractivity contribution < 1.29 is 9.53 Å². The number of anilines is 1. The minimum atomic E-state index is -0.0441. The molecule has 6 nitrogen and oxygen atoms in total. The number of nitrogens with zero attached hydrogens (tertiary/aromatic N) is 3. The van der Waals surface area contributed by atoms with Gasteiger partial charge in [0, 0.05) is 13.2 Å². The number of benzene rings is 1. The molecule has 1 saturated heterocycles. The molecule has 1 atom stereocenters. The highest BCUT2D eigenvalue weighted by Gasteiger charge is 2.28. The number of carbonyl (C=O) groups is 1. The fraction of sp³-hybridized carbons (Fsp3) is 0.500. The summed E-state index contributed by atoms with van der Waals surface area (Å²) in [5, 5.41) is 12.1.